The second-order valence-electron chi connectivity index (χ2n) is 6.17. The maximum Gasteiger partial charge on any atom is 0.292 e. The number of fused-ring (bicyclic) bond motifs is 1. The highest BCUT2D eigenvalue weighted by molar-refractivity contribution is 5.84. The van der Waals surface area contributed by atoms with Gasteiger partial charge < -0.3 is 15.3 Å². The van der Waals surface area contributed by atoms with Crippen molar-refractivity contribution in [1.82, 2.24) is 4.98 Å². The van der Waals surface area contributed by atoms with Gasteiger partial charge in [-0.3, -0.25) is 10.1 Å². The molecule has 3 aromatic rings. The van der Waals surface area contributed by atoms with Crippen molar-refractivity contribution in [3.05, 3.63) is 69.8 Å². The van der Waals surface area contributed by atoms with Crippen LogP contribution in [0.5, 0.6) is 0 Å². The quantitative estimate of drug-likeness (QED) is 0.522. The Morgan fingerprint density at radius 2 is 1.96 bits per heavy atom. The molecule has 2 N–H and O–H groups in total. The number of nitrogens with zero attached hydrogens (tertiary/aromatic N) is 3. The van der Waals surface area contributed by atoms with Gasteiger partial charge in [0.1, 0.15) is 11.5 Å². The molecule has 0 aliphatic heterocycles. The lowest BCUT2D eigenvalue weighted by molar-refractivity contribution is -0.384. The molecule has 0 fully saturated rings. The van der Waals surface area contributed by atoms with Crippen molar-refractivity contribution in [2.45, 2.75) is 13.2 Å². The van der Waals surface area contributed by atoms with Gasteiger partial charge in [0.15, 0.2) is 0 Å². The summed E-state index contributed by atoms with van der Waals surface area (Å²) in [6.07, 6.45) is 0. The summed E-state index contributed by atoms with van der Waals surface area (Å²) < 4.78 is 0. The minimum atomic E-state index is -0.431. The van der Waals surface area contributed by atoms with Crippen LogP contribution in [0.1, 0.15) is 11.1 Å². The second kappa shape index (κ2) is 7.37. The molecule has 1 heterocycles. The van der Waals surface area contributed by atoms with Crippen molar-refractivity contribution in [1.29, 1.82) is 0 Å². The number of aliphatic hydroxyl groups is 1. The molecule has 0 radical (unpaired) electrons. The fourth-order valence-corrected chi connectivity index (χ4v) is 2.78. The van der Waals surface area contributed by atoms with E-state index in [4.69, 9.17) is 0 Å². The van der Waals surface area contributed by atoms with Gasteiger partial charge in [-0.1, -0.05) is 18.2 Å². The monoisotopic (exact) mass is 352 g/mol. The van der Waals surface area contributed by atoms with E-state index in [0.29, 0.717) is 17.8 Å². The van der Waals surface area contributed by atoms with Crippen molar-refractivity contribution in [3.8, 4) is 0 Å². The Labute approximate surface area is 151 Å². The molecule has 134 valence electrons. The number of hydrogen-bond acceptors (Lipinski definition) is 6. The Kier molecular flexibility index (Phi) is 4.99. The first kappa shape index (κ1) is 17.6. The summed E-state index contributed by atoms with van der Waals surface area (Å²) in [6, 6.07) is 14.3. The first-order valence-corrected chi connectivity index (χ1v) is 8.17. The summed E-state index contributed by atoms with van der Waals surface area (Å²) in [4.78, 5) is 17.4. The number of nitro benzene ring substituents is 1. The first-order valence-electron chi connectivity index (χ1n) is 8.17. The van der Waals surface area contributed by atoms with Crippen molar-refractivity contribution >= 4 is 28.1 Å². The molecule has 0 unspecified atom stereocenters. The summed E-state index contributed by atoms with van der Waals surface area (Å²) in [6.45, 7) is 0.231. The lowest BCUT2D eigenvalue weighted by Gasteiger charge is -2.16. The van der Waals surface area contributed by atoms with E-state index in [-0.39, 0.29) is 12.3 Å². The van der Waals surface area contributed by atoms with Crippen LogP contribution in [0.15, 0.2) is 48.5 Å². The van der Waals surface area contributed by atoms with E-state index >= 15 is 0 Å². The molecule has 0 aliphatic rings. The fraction of sp³-hybridized carbons (Fsp3) is 0.211. The Hall–Kier alpha value is -3.19. The molecule has 7 heteroatoms. The van der Waals surface area contributed by atoms with Crippen LogP contribution in [0.2, 0.25) is 0 Å². The summed E-state index contributed by atoms with van der Waals surface area (Å²) >= 11 is 0. The van der Waals surface area contributed by atoms with Crippen LogP contribution in [0, 0.1) is 10.1 Å². The largest absolute Gasteiger partial charge is 0.392 e. The standard InChI is InChI=1S/C19H20N4O3/c1-22(2)19-10-14(15-5-3-4-6-16(15)21-19)11-20-17-9-13(12-24)7-8-18(17)23(25)26/h3-10,20,24H,11-12H2,1-2H3. The minimum absolute atomic E-state index is 0.0200. The van der Waals surface area contributed by atoms with E-state index in [1.165, 1.54) is 6.07 Å². The Morgan fingerprint density at radius 3 is 2.65 bits per heavy atom. The third-order valence-corrected chi connectivity index (χ3v) is 4.16. The van der Waals surface area contributed by atoms with Gasteiger partial charge in [0, 0.05) is 32.1 Å². The number of aromatic nitrogens is 1. The molecular weight excluding hydrogens is 332 g/mol. The Morgan fingerprint density at radius 1 is 1.19 bits per heavy atom. The van der Waals surface area contributed by atoms with Crippen molar-refractivity contribution in [3.63, 3.8) is 0 Å². The number of pyridine rings is 1. The summed E-state index contributed by atoms with van der Waals surface area (Å²) in [7, 11) is 3.84. The number of aliphatic hydroxyl groups excluding tert-OH is 1. The smallest absolute Gasteiger partial charge is 0.292 e. The average molecular weight is 352 g/mol. The molecule has 0 aliphatic carbocycles. The zero-order valence-corrected chi connectivity index (χ0v) is 14.6. The third-order valence-electron chi connectivity index (χ3n) is 4.16. The van der Waals surface area contributed by atoms with Crippen LogP contribution in [0.4, 0.5) is 17.2 Å². The lowest BCUT2D eigenvalue weighted by Crippen LogP contribution is -2.12. The number of anilines is 2. The van der Waals surface area contributed by atoms with Gasteiger partial charge in [0.2, 0.25) is 0 Å². The Balaban J connectivity index is 1.98. The molecule has 26 heavy (non-hydrogen) atoms. The first-order chi connectivity index (χ1) is 12.5. The molecule has 2 aromatic carbocycles. The normalized spacial score (nSPS) is 10.7. The molecule has 0 atom stereocenters. The van der Waals surface area contributed by atoms with E-state index in [0.717, 1.165) is 22.3 Å². The maximum atomic E-state index is 11.3. The maximum absolute atomic E-state index is 11.3. The molecule has 3 rings (SSSR count). The Bertz CT molecular complexity index is 957. The molecular formula is C19H20N4O3. The predicted molar refractivity (Wildman–Crippen MR) is 102 cm³/mol. The van der Waals surface area contributed by atoms with Crippen LogP contribution >= 0.6 is 0 Å². The van der Waals surface area contributed by atoms with Gasteiger partial charge in [-0.05, 0) is 35.4 Å². The van der Waals surface area contributed by atoms with E-state index in [1.54, 1.807) is 12.1 Å². The average Bonchev–Trinajstić information content (AvgIpc) is 2.65. The molecule has 0 saturated heterocycles. The molecule has 7 nitrogen and oxygen atoms in total. The minimum Gasteiger partial charge on any atom is -0.392 e. The van der Waals surface area contributed by atoms with Gasteiger partial charge >= 0.3 is 0 Å². The van der Waals surface area contributed by atoms with Crippen LogP contribution in [-0.2, 0) is 13.2 Å². The SMILES string of the molecule is CN(C)c1cc(CNc2cc(CO)ccc2[N+](=O)[O-])c2ccccc2n1. The van der Waals surface area contributed by atoms with E-state index in [9.17, 15) is 15.2 Å². The third kappa shape index (κ3) is 3.57. The molecule has 0 amide bonds. The number of para-hydroxylation sites is 1. The molecule has 0 bridgehead atoms. The lowest BCUT2D eigenvalue weighted by atomic mass is 10.1. The zero-order chi connectivity index (χ0) is 18.7. The highest BCUT2D eigenvalue weighted by Gasteiger charge is 2.15. The van der Waals surface area contributed by atoms with Crippen LogP contribution < -0.4 is 10.2 Å². The second-order valence-corrected chi connectivity index (χ2v) is 6.17. The van der Waals surface area contributed by atoms with Crippen molar-refractivity contribution in [2.24, 2.45) is 0 Å². The van der Waals surface area contributed by atoms with E-state index < -0.39 is 4.92 Å². The van der Waals surface area contributed by atoms with Crippen molar-refractivity contribution in [2.75, 3.05) is 24.3 Å². The van der Waals surface area contributed by atoms with Gasteiger partial charge in [0.05, 0.1) is 17.0 Å². The van der Waals surface area contributed by atoms with Gasteiger partial charge in [-0.25, -0.2) is 4.98 Å². The number of rotatable bonds is 6. The van der Waals surface area contributed by atoms with Gasteiger partial charge in [-0.2, -0.15) is 0 Å². The van der Waals surface area contributed by atoms with Crippen LogP contribution in [-0.4, -0.2) is 29.1 Å². The fourth-order valence-electron chi connectivity index (χ4n) is 2.78. The van der Waals surface area contributed by atoms with E-state index in [2.05, 4.69) is 10.3 Å². The van der Waals surface area contributed by atoms with Gasteiger partial charge in [-0.15, -0.1) is 0 Å². The number of nitrogens with one attached hydrogen (secondary N) is 1. The highest BCUT2D eigenvalue weighted by Crippen LogP contribution is 2.28. The molecule has 0 spiro atoms. The number of nitro groups is 1. The van der Waals surface area contributed by atoms with Crippen LogP contribution in [0.3, 0.4) is 0 Å². The predicted octanol–water partition coefficient (Wildman–Crippen LogP) is 3.31. The number of hydrogen-bond donors (Lipinski definition) is 2. The zero-order valence-electron chi connectivity index (χ0n) is 14.6. The van der Waals surface area contributed by atoms with E-state index in [1.807, 2.05) is 49.3 Å². The molecule has 0 saturated carbocycles. The summed E-state index contributed by atoms with van der Waals surface area (Å²) in [5.74, 6) is 0.819. The molecule has 1 aromatic heterocycles. The summed E-state index contributed by atoms with van der Waals surface area (Å²) in [5.41, 5.74) is 2.84. The van der Waals surface area contributed by atoms with Gasteiger partial charge in [0.25, 0.3) is 5.69 Å². The highest BCUT2D eigenvalue weighted by atomic mass is 16.6. The topological polar surface area (TPSA) is 91.5 Å². The number of benzene rings is 2. The van der Waals surface area contributed by atoms with Crippen molar-refractivity contribution < 1.29 is 10.0 Å². The summed E-state index contributed by atoms with van der Waals surface area (Å²) in [5, 5.41) is 24.7. The van der Waals surface area contributed by atoms with Crippen LogP contribution in [0.25, 0.3) is 10.9 Å².